The molecule has 4 rings (SSSR count). The molecule has 0 radical (unpaired) electrons. The highest BCUT2D eigenvalue weighted by molar-refractivity contribution is 7.89. The second kappa shape index (κ2) is 5.54. The summed E-state index contributed by atoms with van der Waals surface area (Å²) in [5.74, 6) is -2.62. The summed E-state index contributed by atoms with van der Waals surface area (Å²) in [6.07, 6.45) is 0.648. The van der Waals surface area contributed by atoms with Crippen LogP contribution in [-0.4, -0.2) is 51.0 Å². The van der Waals surface area contributed by atoms with Gasteiger partial charge in [-0.25, -0.2) is 8.42 Å². The van der Waals surface area contributed by atoms with Crippen molar-refractivity contribution < 1.29 is 27.5 Å². The van der Waals surface area contributed by atoms with E-state index in [9.17, 15) is 18.0 Å². The molecular formula is C17H19NO6S. The number of hydrogen-bond acceptors (Lipinski definition) is 6. The highest BCUT2D eigenvalue weighted by Gasteiger charge is 2.76. The molecule has 7 atom stereocenters. The maximum atomic E-state index is 12.9. The van der Waals surface area contributed by atoms with Crippen LogP contribution in [0.5, 0.6) is 0 Å². The van der Waals surface area contributed by atoms with Gasteiger partial charge in [0.25, 0.3) is 0 Å². The van der Waals surface area contributed by atoms with Gasteiger partial charge in [-0.1, -0.05) is 18.2 Å². The van der Waals surface area contributed by atoms with E-state index in [0.717, 1.165) is 0 Å². The van der Waals surface area contributed by atoms with Crippen LogP contribution in [0.2, 0.25) is 0 Å². The van der Waals surface area contributed by atoms with E-state index in [2.05, 4.69) is 0 Å². The van der Waals surface area contributed by atoms with Crippen LogP contribution in [0.25, 0.3) is 0 Å². The Balaban J connectivity index is 1.68. The zero-order valence-electron chi connectivity index (χ0n) is 13.9. The van der Waals surface area contributed by atoms with Gasteiger partial charge in [0.1, 0.15) is 0 Å². The van der Waals surface area contributed by atoms with Crippen LogP contribution >= 0.6 is 0 Å². The number of sulfonamides is 1. The molecule has 1 unspecified atom stereocenters. The number of nitrogens with zero attached hydrogens (tertiary/aromatic N) is 1. The Bertz CT molecular complexity index is 789. The molecule has 2 saturated carbocycles. The second-order valence-corrected chi connectivity index (χ2v) is 8.63. The quantitative estimate of drug-likeness (QED) is 0.575. The molecule has 7 nitrogen and oxygen atoms in total. The van der Waals surface area contributed by atoms with Crippen molar-refractivity contribution in [3.05, 3.63) is 30.3 Å². The van der Waals surface area contributed by atoms with Crippen molar-refractivity contribution >= 4 is 22.0 Å². The van der Waals surface area contributed by atoms with Crippen molar-refractivity contribution in [1.29, 1.82) is 0 Å². The first-order valence-electron chi connectivity index (χ1n) is 8.17. The first-order valence-corrected chi connectivity index (χ1v) is 9.61. The van der Waals surface area contributed by atoms with Crippen molar-refractivity contribution in [2.45, 2.75) is 23.4 Å². The highest BCUT2D eigenvalue weighted by atomic mass is 32.2. The molecule has 2 bridgehead atoms. The van der Waals surface area contributed by atoms with Crippen LogP contribution in [0, 0.1) is 23.7 Å². The molecule has 0 amide bonds. The molecule has 1 aliphatic heterocycles. The minimum absolute atomic E-state index is 0.204. The van der Waals surface area contributed by atoms with Crippen molar-refractivity contribution in [3.8, 4) is 0 Å². The Kier molecular flexibility index (Phi) is 3.66. The molecule has 25 heavy (non-hydrogen) atoms. The number of benzene rings is 1. The third kappa shape index (κ3) is 2.17. The molecule has 1 aromatic rings. The number of hydrogen-bond donors (Lipinski definition) is 0. The molecule has 1 saturated heterocycles. The minimum Gasteiger partial charge on any atom is -0.469 e. The highest BCUT2D eigenvalue weighted by Crippen LogP contribution is 2.64. The maximum Gasteiger partial charge on any atom is 0.309 e. The number of carbonyl (C=O) groups is 2. The van der Waals surface area contributed by atoms with E-state index in [0.29, 0.717) is 6.42 Å². The number of fused-ring (bicyclic) bond motifs is 5. The zero-order chi connectivity index (χ0) is 17.9. The van der Waals surface area contributed by atoms with Gasteiger partial charge in [0.05, 0.1) is 31.0 Å². The molecular weight excluding hydrogens is 346 g/mol. The Morgan fingerprint density at radius 2 is 1.44 bits per heavy atom. The summed E-state index contributed by atoms with van der Waals surface area (Å²) >= 11 is 0. The topological polar surface area (TPSA) is 89.8 Å². The number of esters is 2. The van der Waals surface area contributed by atoms with E-state index in [1.165, 1.54) is 18.5 Å². The number of carbonyl (C=O) groups excluding carboxylic acids is 2. The van der Waals surface area contributed by atoms with Crippen LogP contribution < -0.4 is 0 Å². The molecule has 1 aromatic carbocycles. The lowest BCUT2D eigenvalue weighted by atomic mass is 9.79. The van der Waals surface area contributed by atoms with Gasteiger partial charge in [-0.05, 0) is 30.4 Å². The fourth-order valence-electron chi connectivity index (χ4n) is 4.92. The largest absolute Gasteiger partial charge is 0.469 e. The molecule has 1 heterocycles. The first-order chi connectivity index (χ1) is 11.9. The predicted molar refractivity (Wildman–Crippen MR) is 85.7 cm³/mol. The number of piperidine rings is 1. The number of ether oxygens (including phenoxy) is 2. The van der Waals surface area contributed by atoms with Gasteiger partial charge in [-0.15, -0.1) is 0 Å². The van der Waals surface area contributed by atoms with E-state index in [1.54, 1.807) is 30.3 Å². The summed E-state index contributed by atoms with van der Waals surface area (Å²) in [5.41, 5.74) is 0. The standard InChI is InChI=1S/C17H19NO6S/c1-23-16(19)12-10-8-11(13(12)17(20)24-2)15-14(10)18(15)25(21,22)9-6-4-3-5-7-9/h3-7,10-15H,8H2,1-2H3/t10-,11+,12-,13+,14-,15-,18?/m1/s1. The summed E-state index contributed by atoms with van der Waals surface area (Å²) in [4.78, 5) is 24.7. The lowest BCUT2D eigenvalue weighted by molar-refractivity contribution is -0.159. The molecule has 2 aliphatic carbocycles. The molecule has 3 aliphatic rings. The molecule has 3 fully saturated rings. The predicted octanol–water partition coefficient (Wildman–Crippen LogP) is 0.656. The van der Waals surface area contributed by atoms with E-state index in [1.807, 2.05) is 0 Å². The van der Waals surface area contributed by atoms with Crippen molar-refractivity contribution in [3.63, 3.8) is 0 Å². The van der Waals surface area contributed by atoms with Gasteiger partial charge in [-0.3, -0.25) is 9.59 Å². The van der Waals surface area contributed by atoms with Crippen molar-refractivity contribution in [1.82, 2.24) is 4.31 Å². The normalized spacial score (nSPS) is 38.1. The van der Waals surface area contributed by atoms with Crippen molar-refractivity contribution in [2.75, 3.05) is 14.2 Å². The first kappa shape index (κ1) is 16.5. The van der Waals surface area contributed by atoms with E-state index in [-0.39, 0.29) is 28.8 Å². The SMILES string of the molecule is COC(=O)[C@@H]1[C@H]2C[C@@H]([C@@H]1C(=O)OC)[C@@H]1[C@@H]2N1S(=O)(=O)c1ccccc1. The molecule has 0 aromatic heterocycles. The molecule has 8 heteroatoms. The van der Waals surface area contributed by atoms with Crippen LogP contribution in [0.4, 0.5) is 0 Å². The Morgan fingerprint density at radius 1 is 0.960 bits per heavy atom. The van der Waals surface area contributed by atoms with Gasteiger partial charge >= 0.3 is 11.9 Å². The number of rotatable bonds is 4. The average molecular weight is 365 g/mol. The second-order valence-electron chi connectivity index (χ2n) is 6.79. The van der Waals surface area contributed by atoms with Crippen LogP contribution in [0.1, 0.15) is 6.42 Å². The van der Waals surface area contributed by atoms with Gasteiger partial charge in [-0.2, -0.15) is 4.31 Å². The maximum absolute atomic E-state index is 12.9. The monoisotopic (exact) mass is 365 g/mol. The molecule has 0 spiro atoms. The van der Waals surface area contributed by atoms with Gasteiger partial charge in [0.15, 0.2) is 0 Å². The Labute approximate surface area is 145 Å². The lowest BCUT2D eigenvalue weighted by Crippen LogP contribution is -2.39. The summed E-state index contributed by atoms with van der Waals surface area (Å²) in [7, 11) is -1.07. The van der Waals surface area contributed by atoms with Crippen LogP contribution in [-0.2, 0) is 29.1 Å². The number of methoxy groups -OCH3 is 2. The third-order valence-electron chi connectivity index (χ3n) is 5.84. The Morgan fingerprint density at radius 3 is 1.88 bits per heavy atom. The van der Waals surface area contributed by atoms with Crippen molar-refractivity contribution in [2.24, 2.45) is 23.7 Å². The van der Waals surface area contributed by atoms with Gasteiger partial charge in [0.2, 0.25) is 10.0 Å². The smallest absolute Gasteiger partial charge is 0.309 e. The minimum atomic E-state index is -3.63. The average Bonchev–Trinajstić information content (AvgIpc) is 3.16. The van der Waals surface area contributed by atoms with E-state index < -0.39 is 33.8 Å². The fourth-order valence-corrected chi connectivity index (χ4v) is 6.82. The molecule has 0 N–H and O–H groups in total. The van der Waals surface area contributed by atoms with E-state index >= 15 is 0 Å². The van der Waals surface area contributed by atoms with Gasteiger partial charge in [0, 0.05) is 12.1 Å². The summed E-state index contributed by atoms with van der Waals surface area (Å²) in [6.45, 7) is 0. The third-order valence-corrected chi connectivity index (χ3v) is 7.75. The van der Waals surface area contributed by atoms with Crippen LogP contribution in [0.3, 0.4) is 0 Å². The van der Waals surface area contributed by atoms with E-state index in [4.69, 9.17) is 9.47 Å². The lowest BCUT2D eigenvalue weighted by Gasteiger charge is -2.25. The van der Waals surface area contributed by atoms with Gasteiger partial charge < -0.3 is 9.47 Å². The van der Waals surface area contributed by atoms with Crippen LogP contribution in [0.15, 0.2) is 35.2 Å². The summed E-state index contributed by atoms with van der Waals surface area (Å²) in [6, 6.07) is 7.75. The summed E-state index contributed by atoms with van der Waals surface area (Å²) < 4.78 is 37.0. The Hall–Kier alpha value is -1.93. The fraction of sp³-hybridized carbons (Fsp3) is 0.529. The zero-order valence-corrected chi connectivity index (χ0v) is 14.7. The molecule has 134 valence electrons. The summed E-state index contributed by atoms with van der Waals surface area (Å²) in [5, 5.41) is 0.